The average Bonchev–Trinajstić information content (AvgIpc) is 2.76. The van der Waals surface area contributed by atoms with Gasteiger partial charge in [0.15, 0.2) is 0 Å². The smallest absolute Gasteiger partial charge is 0.244 e. The molecule has 1 atom stereocenters. The Balaban J connectivity index is 2.37. The van der Waals surface area contributed by atoms with E-state index in [2.05, 4.69) is 21.2 Å². The van der Waals surface area contributed by atoms with Crippen molar-refractivity contribution in [1.82, 2.24) is 10.2 Å². The summed E-state index contributed by atoms with van der Waals surface area (Å²) >= 11 is 3.39. The second kappa shape index (κ2) is 11.8. The predicted molar refractivity (Wildman–Crippen MR) is 135 cm³/mol. The van der Waals surface area contributed by atoms with Gasteiger partial charge in [-0.15, -0.1) is 0 Å². The second-order valence-corrected chi connectivity index (χ2v) is 11.4. The summed E-state index contributed by atoms with van der Waals surface area (Å²) in [5, 5.41) is 2.81. The minimum Gasteiger partial charge on any atom is -0.354 e. The van der Waals surface area contributed by atoms with E-state index >= 15 is 0 Å². The molecule has 0 aliphatic heterocycles. The van der Waals surface area contributed by atoms with Crippen LogP contribution in [0.5, 0.6) is 0 Å². The quantitative estimate of drug-likeness (QED) is 0.482. The third kappa shape index (κ3) is 7.80. The molecule has 0 unspecified atom stereocenters. The lowest BCUT2D eigenvalue weighted by Crippen LogP contribution is -2.51. The van der Waals surface area contributed by atoms with Crippen LogP contribution in [0.3, 0.4) is 0 Å². The van der Waals surface area contributed by atoms with Crippen molar-refractivity contribution < 1.29 is 22.4 Å². The summed E-state index contributed by atoms with van der Waals surface area (Å²) in [6, 6.07) is 9.72. The summed E-state index contributed by atoms with van der Waals surface area (Å²) in [4.78, 5) is 27.5. The van der Waals surface area contributed by atoms with Gasteiger partial charge in [0.25, 0.3) is 0 Å². The van der Waals surface area contributed by atoms with Crippen LogP contribution in [-0.2, 0) is 26.2 Å². The van der Waals surface area contributed by atoms with Crippen LogP contribution < -0.4 is 9.62 Å². The Morgan fingerprint density at radius 1 is 1.09 bits per heavy atom. The number of rotatable bonds is 10. The molecule has 0 aliphatic rings. The Morgan fingerprint density at radius 3 is 2.24 bits per heavy atom. The number of nitrogens with zero attached hydrogens (tertiary/aromatic N) is 2. The highest BCUT2D eigenvalue weighted by Gasteiger charge is 2.30. The maximum Gasteiger partial charge on any atom is 0.244 e. The largest absolute Gasteiger partial charge is 0.354 e. The molecule has 0 bridgehead atoms. The van der Waals surface area contributed by atoms with Gasteiger partial charge in [0.1, 0.15) is 18.4 Å². The maximum atomic E-state index is 13.4. The zero-order valence-corrected chi connectivity index (χ0v) is 22.4. The van der Waals surface area contributed by atoms with Crippen LogP contribution in [0.4, 0.5) is 10.1 Å². The first-order chi connectivity index (χ1) is 15.8. The molecule has 0 fully saturated rings. The normalized spacial score (nSPS) is 12.4. The van der Waals surface area contributed by atoms with E-state index in [0.29, 0.717) is 17.8 Å². The summed E-state index contributed by atoms with van der Waals surface area (Å²) in [6.45, 7) is 7.29. The van der Waals surface area contributed by atoms with E-state index in [4.69, 9.17) is 0 Å². The minimum atomic E-state index is -3.80. The topological polar surface area (TPSA) is 86.8 Å². The lowest BCUT2D eigenvalue weighted by Gasteiger charge is -2.31. The fourth-order valence-corrected chi connectivity index (χ4v) is 4.31. The SMILES string of the molecule is Cc1cc(N(CC(=O)N(Cc2ccc(F)cc2)[C@H](C)C(=O)NCC(C)C)S(C)(=O)=O)ccc1Br. The molecule has 0 saturated carbocycles. The third-order valence-electron chi connectivity index (χ3n) is 5.23. The second-order valence-electron chi connectivity index (χ2n) is 8.67. The van der Waals surface area contributed by atoms with Crippen LogP contribution in [0.1, 0.15) is 31.9 Å². The van der Waals surface area contributed by atoms with Gasteiger partial charge >= 0.3 is 0 Å². The summed E-state index contributed by atoms with van der Waals surface area (Å²) in [5.41, 5.74) is 1.77. The van der Waals surface area contributed by atoms with Crippen LogP contribution in [0, 0.1) is 18.7 Å². The number of amides is 2. The zero-order chi connectivity index (χ0) is 25.6. The number of carbonyl (C=O) groups excluding carboxylic acids is 2. The molecule has 0 saturated heterocycles. The number of aryl methyl sites for hydroxylation is 1. The molecule has 0 heterocycles. The first kappa shape index (κ1) is 27.8. The van der Waals surface area contributed by atoms with E-state index in [0.717, 1.165) is 20.6 Å². The van der Waals surface area contributed by atoms with E-state index in [1.807, 2.05) is 20.8 Å². The van der Waals surface area contributed by atoms with Gasteiger partial charge in [-0.1, -0.05) is 41.9 Å². The lowest BCUT2D eigenvalue weighted by atomic mass is 10.1. The van der Waals surface area contributed by atoms with Crippen molar-refractivity contribution in [3.63, 3.8) is 0 Å². The molecule has 10 heteroatoms. The molecule has 0 aromatic heterocycles. The number of nitrogens with one attached hydrogen (secondary N) is 1. The molecule has 0 radical (unpaired) electrons. The first-order valence-electron chi connectivity index (χ1n) is 10.8. The Bertz CT molecular complexity index is 1120. The maximum absolute atomic E-state index is 13.4. The Kier molecular flexibility index (Phi) is 9.64. The molecule has 2 rings (SSSR count). The Labute approximate surface area is 209 Å². The van der Waals surface area contributed by atoms with Crippen molar-refractivity contribution in [2.75, 3.05) is 23.7 Å². The molecular formula is C24H31BrFN3O4S. The van der Waals surface area contributed by atoms with E-state index in [-0.39, 0.29) is 18.4 Å². The number of hydrogen-bond acceptors (Lipinski definition) is 4. The van der Waals surface area contributed by atoms with Crippen LogP contribution in [0.15, 0.2) is 46.9 Å². The highest BCUT2D eigenvalue weighted by molar-refractivity contribution is 9.10. The van der Waals surface area contributed by atoms with E-state index in [1.54, 1.807) is 25.1 Å². The minimum absolute atomic E-state index is 0.0202. The molecule has 0 spiro atoms. The van der Waals surface area contributed by atoms with Gasteiger partial charge < -0.3 is 10.2 Å². The summed E-state index contributed by atoms with van der Waals surface area (Å²) < 4.78 is 40.4. The van der Waals surface area contributed by atoms with Gasteiger partial charge in [0.2, 0.25) is 21.8 Å². The highest BCUT2D eigenvalue weighted by Crippen LogP contribution is 2.25. The predicted octanol–water partition coefficient (Wildman–Crippen LogP) is 3.85. The third-order valence-corrected chi connectivity index (χ3v) is 7.26. The first-order valence-corrected chi connectivity index (χ1v) is 13.5. The van der Waals surface area contributed by atoms with Crippen LogP contribution in [0.25, 0.3) is 0 Å². The lowest BCUT2D eigenvalue weighted by molar-refractivity contribution is -0.139. The van der Waals surface area contributed by atoms with Gasteiger partial charge in [-0.25, -0.2) is 12.8 Å². The monoisotopic (exact) mass is 555 g/mol. The molecule has 2 amide bonds. The van der Waals surface area contributed by atoms with Gasteiger partial charge in [-0.3, -0.25) is 13.9 Å². The van der Waals surface area contributed by atoms with Gasteiger partial charge in [-0.2, -0.15) is 0 Å². The number of anilines is 1. The summed E-state index contributed by atoms with van der Waals surface area (Å²) in [5.74, 6) is -1.10. The molecule has 186 valence electrons. The van der Waals surface area contributed by atoms with Crippen LogP contribution in [-0.4, -0.2) is 50.5 Å². The standard InChI is InChI=1S/C24H31BrFN3O4S/c1-16(2)13-27-24(31)18(4)28(14-19-6-8-20(26)9-7-19)23(30)15-29(34(5,32)33)21-10-11-22(25)17(3)12-21/h6-12,16,18H,13-15H2,1-5H3,(H,27,31)/t18-/m1/s1. The van der Waals surface area contributed by atoms with Crippen molar-refractivity contribution in [1.29, 1.82) is 0 Å². The van der Waals surface area contributed by atoms with Crippen molar-refractivity contribution in [3.05, 3.63) is 63.9 Å². The van der Waals surface area contributed by atoms with E-state index in [9.17, 15) is 22.4 Å². The average molecular weight is 556 g/mol. The highest BCUT2D eigenvalue weighted by atomic mass is 79.9. The summed E-state index contributed by atoms with van der Waals surface area (Å²) in [7, 11) is -3.80. The molecule has 7 nitrogen and oxygen atoms in total. The number of carbonyl (C=O) groups is 2. The van der Waals surface area contributed by atoms with Gasteiger partial charge in [0.05, 0.1) is 11.9 Å². The molecule has 2 aromatic carbocycles. The zero-order valence-electron chi connectivity index (χ0n) is 20.0. The number of benzene rings is 2. The van der Waals surface area contributed by atoms with E-state index in [1.165, 1.54) is 29.2 Å². The van der Waals surface area contributed by atoms with Crippen LogP contribution >= 0.6 is 15.9 Å². The molecule has 0 aliphatic carbocycles. The number of halogens is 2. The van der Waals surface area contributed by atoms with Crippen molar-refractivity contribution in [2.24, 2.45) is 5.92 Å². The number of sulfonamides is 1. The Morgan fingerprint density at radius 2 is 1.71 bits per heavy atom. The van der Waals surface area contributed by atoms with Gasteiger partial charge in [-0.05, 0) is 61.2 Å². The Hall–Kier alpha value is -2.46. The van der Waals surface area contributed by atoms with Crippen molar-refractivity contribution in [2.45, 2.75) is 40.3 Å². The van der Waals surface area contributed by atoms with Crippen LogP contribution in [0.2, 0.25) is 0 Å². The van der Waals surface area contributed by atoms with Crippen molar-refractivity contribution in [3.8, 4) is 0 Å². The van der Waals surface area contributed by atoms with E-state index < -0.39 is 34.3 Å². The number of hydrogen-bond donors (Lipinski definition) is 1. The molecule has 1 N–H and O–H groups in total. The van der Waals surface area contributed by atoms with Gasteiger partial charge in [0, 0.05) is 17.6 Å². The molecule has 2 aromatic rings. The fraction of sp³-hybridized carbons (Fsp3) is 0.417. The fourth-order valence-electron chi connectivity index (χ4n) is 3.22. The summed E-state index contributed by atoms with van der Waals surface area (Å²) in [6.07, 6.45) is 1.03. The van der Waals surface area contributed by atoms with Crippen molar-refractivity contribution >= 4 is 43.5 Å². The molecule has 34 heavy (non-hydrogen) atoms. The molecular weight excluding hydrogens is 525 g/mol.